The van der Waals surface area contributed by atoms with Gasteiger partial charge in [0, 0.05) is 13.1 Å². The van der Waals surface area contributed by atoms with Gasteiger partial charge in [-0.1, -0.05) is 78.9 Å². The monoisotopic (exact) mass is 381 g/mol. The normalized spacial score (nSPS) is 10.8. The quantitative estimate of drug-likeness (QED) is 0.554. The number of rotatable bonds is 5. The van der Waals surface area contributed by atoms with Crippen molar-refractivity contribution >= 4 is 5.95 Å². The van der Waals surface area contributed by atoms with Crippen molar-refractivity contribution in [2.24, 2.45) is 7.05 Å². The largest absolute Gasteiger partial charge is 0.369 e. The smallest absolute Gasteiger partial charge is 0.254 e. The van der Waals surface area contributed by atoms with Crippen LogP contribution in [0.25, 0.3) is 22.3 Å². The Labute approximate surface area is 170 Å². The van der Waals surface area contributed by atoms with Gasteiger partial charge in [-0.15, -0.1) is 0 Å². The summed E-state index contributed by atoms with van der Waals surface area (Å²) in [5, 5.41) is 0. The van der Waals surface area contributed by atoms with Crippen LogP contribution in [0, 0.1) is 0 Å². The standard InChI is InChI=1S/C25H23N3O/c1-28-24(29)17-23(27-25(28)26)15-10-18-6-5-9-22(16-18)21-13-11-20(12-14-21)19-7-3-2-4-8-19/h2-9,11-14,16-17H,10,15H2,1H3,(H2,26,27). The lowest BCUT2D eigenvalue weighted by Crippen LogP contribution is -2.21. The fourth-order valence-electron chi connectivity index (χ4n) is 3.40. The summed E-state index contributed by atoms with van der Waals surface area (Å²) in [6.45, 7) is 0. The molecule has 0 saturated carbocycles. The van der Waals surface area contributed by atoms with E-state index in [9.17, 15) is 4.79 Å². The van der Waals surface area contributed by atoms with Crippen LogP contribution >= 0.6 is 0 Å². The van der Waals surface area contributed by atoms with Crippen LogP contribution in [-0.2, 0) is 19.9 Å². The van der Waals surface area contributed by atoms with Crippen molar-refractivity contribution in [1.82, 2.24) is 9.55 Å². The second kappa shape index (κ2) is 8.15. The van der Waals surface area contributed by atoms with Gasteiger partial charge < -0.3 is 5.73 Å². The minimum atomic E-state index is -0.125. The van der Waals surface area contributed by atoms with Gasteiger partial charge in [0.25, 0.3) is 5.56 Å². The van der Waals surface area contributed by atoms with Crippen molar-refractivity contribution in [3.63, 3.8) is 0 Å². The third-order valence-electron chi connectivity index (χ3n) is 5.14. The molecule has 0 aliphatic rings. The van der Waals surface area contributed by atoms with Gasteiger partial charge in [0.05, 0.1) is 5.69 Å². The molecule has 0 radical (unpaired) electrons. The number of nitrogens with two attached hydrogens (primary N) is 1. The predicted molar refractivity (Wildman–Crippen MR) is 119 cm³/mol. The van der Waals surface area contributed by atoms with Crippen molar-refractivity contribution in [3.05, 3.63) is 107 Å². The Morgan fingerprint density at radius 2 is 1.38 bits per heavy atom. The first-order chi connectivity index (χ1) is 14.1. The molecule has 144 valence electrons. The zero-order valence-corrected chi connectivity index (χ0v) is 16.4. The minimum absolute atomic E-state index is 0.125. The Morgan fingerprint density at radius 3 is 2.07 bits per heavy atom. The third-order valence-corrected chi connectivity index (χ3v) is 5.14. The molecule has 0 amide bonds. The Bertz CT molecular complexity index is 1180. The van der Waals surface area contributed by atoms with Gasteiger partial charge in [0.1, 0.15) is 0 Å². The van der Waals surface area contributed by atoms with Crippen LogP contribution in [0.4, 0.5) is 5.95 Å². The number of hydrogen-bond donors (Lipinski definition) is 1. The van der Waals surface area contributed by atoms with Crippen LogP contribution in [-0.4, -0.2) is 9.55 Å². The van der Waals surface area contributed by atoms with Crippen LogP contribution in [0.1, 0.15) is 11.3 Å². The Hall–Kier alpha value is -3.66. The van der Waals surface area contributed by atoms with Gasteiger partial charge in [-0.05, 0) is 40.7 Å². The van der Waals surface area contributed by atoms with E-state index in [2.05, 4.69) is 77.8 Å². The van der Waals surface area contributed by atoms with Gasteiger partial charge in [-0.2, -0.15) is 0 Å². The van der Waals surface area contributed by atoms with E-state index in [0.717, 1.165) is 12.1 Å². The van der Waals surface area contributed by atoms with Crippen LogP contribution in [0.2, 0.25) is 0 Å². The van der Waals surface area contributed by atoms with E-state index >= 15 is 0 Å². The topological polar surface area (TPSA) is 60.9 Å². The lowest BCUT2D eigenvalue weighted by molar-refractivity contribution is 0.806. The van der Waals surface area contributed by atoms with Crippen molar-refractivity contribution in [2.75, 3.05) is 5.73 Å². The molecule has 1 aromatic heterocycles. The fourth-order valence-corrected chi connectivity index (χ4v) is 3.40. The zero-order chi connectivity index (χ0) is 20.2. The molecule has 4 rings (SSSR count). The lowest BCUT2D eigenvalue weighted by Gasteiger charge is -2.08. The van der Waals surface area contributed by atoms with E-state index in [1.54, 1.807) is 13.1 Å². The number of benzene rings is 3. The molecule has 0 atom stereocenters. The molecule has 0 bridgehead atoms. The van der Waals surface area contributed by atoms with E-state index in [1.807, 2.05) is 6.07 Å². The number of hydrogen-bond acceptors (Lipinski definition) is 3. The summed E-state index contributed by atoms with van der Waals surface area (Å²) in [5.74, 6) is 0.250. The number of nitrogen functional groups attached to an aromatic ring is 1. The van der Waals surface area contributed by atoms with Crippen molar-refractivity contribution < 1.29 is 0 Å². The molecule has 4 nitrogen and oxygen atoms in total. The first-order valence-corrected chi connectivity index (χ1v) is 9.67. The van der Waals surface area contributed by atoms with Crippen molar-refractivity contribution in [2.45, 2.75) is 12.8 Å². The summed E-state index contributed by atoms with van der Waals surface area (Å²) < 4.78 is 1.35. The van der Waals surface area contributed by atoms with Crippen LogP contribution in [0.15, 0.2) is 89.7 Å². The highest BCUT2D eigenvalue weighted by Crippen LogP contribution is 2.25. The summed E-state index contributed by atoms with van der Waals surface area (Å²) in [4.78, 5) is 16.2. The Morgan fingerprint density at radius 1 is 0.759 bits per heavy atom. The number of aromatic nitrogens is 2. The van der Waals surface area contributed by atoms with E-state index in [1.165, 1.54) is 32.4 Å². The van der Waals surface area contributed by atoms with Crippen LogP contribution in [0.3, 0.4) is 0 Å². The highest BCUT2D eigenvalue weighted by Gasteiger charge is 2.05. The molecule has 0 fully saturated rings. The first-order valence-electron chi connectivity index (χ1n) is 9.67. The summed E-state index contributed by atoms with van der Waals surface area (Å²) in [6.07, 6.45) is 1.48. The molecular weight excluding hydrogens is 358 g/mol. The third kappa shape index (κ3) is 4.27. The number of anilines is 1. The average molecular weight is 381 g/mol. The molecule has 0 aliphatic carbocycles. The maximum Gasteiger partial charge on any atom is 0.254 e. The lowest BCUT2D eigenvalue weighted by atomic mass is 9.98. The van der Waals surface area contributed by atoms with Gasteiger partial charge in [-0.25, -0.2) is 4.98 Å². The first kappa shape index (κ1) is 18.7. The molecule has 2 N–H and O–H groups in total. The molecule has 0 spiro atoms. The molecule has 0 saturated heterocycles. The summed E-state index contributed by atoms with van der Waals surface area (Å²) in [6, 6.07) is 29.0. The molecule has 4 heteroatoms. The second-order valence-corrected chi connectivity index (χ2v) is 7.15. The summed E-state index contributed by atoms with van der Waals surface area (Å²) >= 11 is 0. The highest BCUT2D eigenvalue weighted by atomic mass is 16.1. The van der Waals surface area contributed by atoms with E-state index in [4.69, 9.17) is 5.73 Å². The zero-order valence-electron chi connectivity index (χ0n) is 16.4. The highest BCUT2D eigenvalue weighted by molar-refractivity contribution is 5.70. The van der Waals surface area contributed by atoms with Gasteiger partial charge >= 0.3 is 0 Å². The van der Waals surface area contributed by atoms with Crippen LogP contribution < -0.4 is 11.3 Å². The van der Waals surface area contributed by atoms with Crippen LogP contribution in [0.5, 0.6) is 0 Å². The molecule has 4 aromatic rings. The van der Waals surface area contributed by atoms with Crippen molar-refractivity contribution in [1.29, 1.82) is 0 Å². The van der Waals surface area contributed by atoms with Gasteiger partial charge in [-0.3, -0.25) is 9.36 Å². The van der Waals surface area contributed by atoms with Crippen molar-refractivity contribution in [3.8, 4) is 22.3 Å². The van der Waals surface area contributed by atoms with E-state index < -0.39 is 0 Å². The Balaban J connectivity index is 1.51. The number of nitrogens with zero attached hydrogens (tertiary/aromatic N) is 2. The maximum atomic E-state index is 11.9. The maximum absolute atomic E-state index is 11.9. The van der Waals surface area contributed by atoms with Gasteiger partial charge in [0.15, 0.2) is 0 Å². The van der Waals surface area contributed by atoms with Gasteiger partial charge in [0.2, 0.25) is 5.95 Å². The fraction of sp³-hybridized carbons (Fsp3) is 0.120. The predicted octanol–water partition coefficient (Wildman–Crippen LogP) is 4.48. The molecular formula is C25H23N3O. The molecule has 29 heavy (non-hydrogen) atoms. The SMILES string of the molecule is Cn1c(N)nc(CCc2cccc(-c3ccc(-c4ccccc4)cc3)c2)cc1=O. The summed E-state index contributed by atoms with van der Waals surface area (Å²) in [7, 11) is 1.63. The second-order valence-electron chi connectivity index (χ2n) is 7.15. The average Bonchev–Trinajstić information content (AvgIpc) is 2.77. The Kier molecular flexibility index (Phi) is 5.25. The van der Waals surface area contributed by atoms with E-state index in [0.29, 0.717) is 6.42 Å². The number of aryl methyl sites for hydroxylation is 2. The molecule has 1 heterocycles. The molecule has 0 unspecified atom stereocenters. The molecule has 0 aliphatic heterocycles. The molecule has 3 aromatic carbocycles. The van der Waals surface area contributed by atoms with E-state index in [-0.39, 0.29) is 11.5 Å². The minimum Gasteiger partial charge on any atom is -0.369 e. The summed E-state index contributed by atoms with van der Waals surface area (Å²) in [5.41, 5.74) is 12.4.